The number of nitrogens with zero attached hydrogens (tertiary/aromatic N) is 1. The number of hydrogen-bond acceptors (Lipinski definition) is 4. The third-order valence-electron chi connectivity index (χ3n) is 3.59. The summed E-state index contributed by atoms with van der Waals surface area (Å²) in [6.07, 6.45) is -0.148. The molecule has 1 heterocycles. The van der Waals surface area contributed by atoms with E-state index in [9.17, 15) is 13.5 Å². The average molecular weight is 313 g/mol. The van der Waals surface area contributed by atoms with Gasteiger partial charge in [0.2, 0.25) is 10.0 Å². The highest BCUT2D eigenvalue weighted by molar-refractivity contribution is 7.89. The number of aliphatic hydroxyl groups is 1. The monoisotopic (exact) mass is 313 g/mol. The molecule has 1 atom stereocenters. The molecule has 0 bridgehead atoms. The molecule has 21 heavy (non-hydrogen) atoms. The van der Waals surface area contributed by atoms with Gasteiger partial charge in [0.15, 0.2) is 0 Å². The number of morpholine rings is 1. The lowest BCUT2D eigenvalue weighted by Gasteiger charge is -2.41. The Balaban J connectivity index is 2.42. The highest BCUT2D eigenvalue weighted by Crippen LogP contribution is 2.28. The Morgan fingerprint density at radius 2 is 2.10 bits per heavy atom. The number of benzene rings is 1. The van der Waals surface area contributed by atoms with Crippen molar-refractivity contribution in [3.63, 3.8) is 0 Å². The third kappa shape index (κ3) is 3.45. The molecule has 1 aliphatic rings. The Morgan fingerprint density at radius 3 is 2.67 bits per heavy atom. The van der Waals surface area contributed by atoms with Crippen LogP contribution in [0.3, 0.4) is 0 Å². The first-order valence-corrected chi connectivity index (χ1v) is 8.48. The SMILES string of the molecule is Cc1ccc(CO)cc1S(=O)(=O)N1CC(C)OC(C)(C)C1. The van der Waals surface area contributed by atoms with E-state index >= 15 is 0 Å². The first kappa shape index (κ1) is 16.4. The maximum absolute atomic E-state index is 12.9. The van der Waals surface area contributed by atoms with Crippen LogP contribution in [0.25, 0.3) is 0 Å². The van der Waals surface area contributed by atoms with Gasteiger partial charge in [-0.15, -0.1) is 0 Å². The molecule has 2 rings (SSSR count). The van der Waals surface area contributed by atoms with E-state index in [1.807, 2.05) is 20.8 Å². The van der Waals surface area contributed by atoms with E-state index in [-0.39, 0.29) is 17.6 Å². The second kappa shape index (κ2) is 5.68. The van der Waals surface area contributed by atoms with E-state index in [4.69, 9.17) is 4.74 Å². The van der Waals surface area contributed by atoms with Gasteiger partial charge in [-0.3, -0.25) is 0 Å². The number of sulfonamides is 1. The van der Waals surface area contributed by atoms with Crippen LogP contribution in [0, 0.1) is 6.92 Å². The zero-order valence-corrected chi connectivity index (χ0v) is 13.8. The molecule has 1 fully saturated rings. The fourth-order valence-corrected chi connectivity index (χ4v) is 4.68. The molecule has 1 aromatic carbocycles. The van der Waals surface area contributed by atoms with Crippen molar-refractivity contribution in [1.82, 2.24) is 4.31 Å². The van der Waals surface area contributed by atoms with Gasteiger partial charge in [-0.05, 0) is 44.9 Å². The summed E-state index contributed by atoms with van der Waals surface area (Å²) in [4.78, 5) is 0.263. The third-order valence-corrected chi connectivity index (χ3v) is 5.54. The highest BCUT2D eigenvalue weighted by atomic mass is 32.2. The molecule has 5 nitrogen and oxygen atoms in total. The van der Waals surface area contributed by atoms with Crippen molar-refractivity contribution in [2.45, 2.75) is 50.9 Å². The first-order valence-electron chi connectivity index (χ1n) is 7.04. The maximum atomic E-state index is 12.9. The second-order valence-electron chi connectivity index (χ2n) is 6.24. The predicted molar refractivity (Wildman–Crippen MR) is 80.5 cm³/mol. The molecule has 1 aromatic rings. The molecule has 1 aliphatic heterocycles. The van der Waals surface area contributed by atoms with Crippen molar-refractivity contribution in [2.24, 2.45) is 0 Å². The topological polar surface area (TPSA) is 66.8 Å². The average Bonchev–Trinajstić information content (AvgIpc) is 2.36. The molecule has 1 unspecified atom stereocenters. The minimum Gasteiger partial charge on any atom is -0.392 e. The minimum absolute atomic E-state index is 0.148. The molecule has 118 valence electrons. The van der Waals surface area contributed by atoms with E-state index in [1.165, 1.54) is 4.31 Å². The van der Waals surface area contributed by atoms with E-state index in [0.29, 0.717) is 24.2 Å². The number of hydrogen-bond donors (Lipinski definition) is 1. The summed E-state index contributed by atoms with van der Waals surface area (Å²) in [5.41, 5.74) is 0.775. The zero-order chi connectivity index (χ0) is 15.8. The van der Waals surface area contributed by atoms with Gasteiger partial charge in [0, 0.05) is 13.1 Å². The van der Waals surface area contributed by atoms with E-state index < -0.39 is 15.6 Å². The number of rotatable bonds is 3. The number of aryl methyl sites for hydroxylation is 1. The first-order chi connectivity index (χ1) is 9.65. The van der Waals surface area contributed by atoms with Crippen LogP contribution < -0.4 is 0 Å². The van der Waals surface area contributed by atoms with Crippen molar-refractivity contribution in [2.75, 3.05) is 13.1 Å². The van der Waals surface area contributed by atoms with Crippen LogP contribution in [-0.2, 0) is 21.4 Å². The lowest BCUT2D eigenvalue weighted by atomic mass is 10.1. The molecular formula is C15H23NO4S. The second-order valence-corrected chi connectivity index (χ2v) is 8.15. The van der Waals surface area contributed by atoms with Crippen molar-refractivity contribution >= 4 is 10.0 Å². The Labute approximate surface area is 126 Å². The summed E-state index contributed by atoms with van der Waals surface area (Å²) in [6.45, 7) is 7.92. The fraction of sp³-hybridized carbons (Fsp3) is 0.600. The smallest absolute Gasteiger partial charge is 0.243 e. The molecule has 0 amide bonds. The van der Waals surface area contributed by atoms with Gasteiger partial charge in [0.25, 0.3) is 0 Å². The van der Waals surface area contributed by atoms with Gasteiger partial charge in [0.1, 0.15) is 0 Å². The van der Waals surface area contributed by atoms with Crippen LogP contribution in [0.2, 0.25) is 0 Å². The standard InChI is InChI=1S/C15H23NO4S/c1-11-5-6-13(9-17)7-14(11)21(18,19)16-8-12(2)20-15(3,4)10-16/h5-7,12,17H,8-10H2,1-4H3. The molecular weight excluding hydrogens is 290 g/mol. The molecule has 0 spiro atoms. The van der Waals surface area contributed by atoms with Crippen LogP contribution in [0.15, 0.2) is 23.1 Å². The summed E-state index contributed by atoms with van der Waals surface area (Å²) in [7, 11) is -3.59. The van der Waals surface area contributed by atoms with E-state index in [0.717, 1.165) is 0 Å². The quantitative estimate of drug-likeness (QED) is 0.922. The van der Waals surface area contributed by atoms with Crippen LogP contribution in [0.4, 0.5) is 0 Å². The lowest BCUT2D eigenvalue weighted by Crippen LogP contribution is -2.53. The Hall–Kier alpha value is -0.950. The van der Waals surface area contributed by atoms with Crippen LogP contribution >= 0.6 is 0 Å². The maximum Gasteiger partial charge on any atom is 0.243 e. The molecule has 0 aromatic heterocycles. The number of aliphatic hydroxyl groups excluding tert-OH is 1. The fourth-order valence-electron chi connectivity index (χ4n) is 2.74. The molecule has 0 aliphatic carbocycles. The van der Waals surface area contributed by atoms with Gasteiger partial charge in [0.05, 0.1) is 23.2 Å². The minimum atomic E-state index is -3.59. The molecule has 1 N–H and O–H groups in total. The largest absolute Gasteiger partial charge is 0.392 e. The van der Waals surface area contributed by atoms with Gasteiger partial charge in [-0.25, -0.2) is 8.42 Å². The van der Waals surface area contributed by atoms with Gasteiger partial charge in [-0.2, -0.15) is 4.31 Å². The summed E-state index contributed by atoms with van der Waals surface area (Å²) in [6, 6.07) is 5.02. The van der Waals surface area contributed by atoms with Gasteiger partial charge in [-0.1, -0.05) is 12.1 Å². The summed E-state index contributed by atoms with van der Waals surface area (Å²) >= 11 is 0. The van der Waals surface area contributed by atoms with Gasteiger partial charge < -0.3 is 9.84 Å². The van der Waals surface area contributed by atoms with Crippen molar-refractivity contribution in [3.05, 3.63) is 29.3 Å². The van der Waals surface area contributed by atoms with Crippen LogP contribution in [0.5, 0.6) is 0 Å². The summed E-state index contributed by atoms with van der Waals surface area (Å²) in [5, 5.41) is 9.23. The van der Waals surface area contributed by atoms with Gasteiger partial charge >= 0.3 is 0 Å². The Kier molecular flexibility index (Phi) is 4.44. The van der Waals surface area contributed by atoms with E-state index in [1.54, 1.807) is 25.1 Å². The Morgan fingerprint density at radius 1 is 1.43 bits per heavy atom. The van der Waals surface area contributed by atoms with Crippen LogP contribution in [0.1, 0.15) is 31.9 Å². The summed E-state index contributed by atoms with van der Waals surface area (Å²) < 4.78 is 33.0. The molecule has 1 saturated heterocycles. The van der Waals surface area contributed by atoms with Crippen molar-refractivity contribution < 1.29 is 18.3 Å². The zero-order valence-electron chi connectivity index (χ0n) is 13.0. The number of ether oxygens (including phenoxy) is 1. The Bertz CT molecular complexity index is 625. The molecule has 0 saturated carbocycles. The summed E-state index contributed by atoms with van der Waals surface area (Å²) in [5.74, 6) is 0. The van der Waals surface area contributed by atoms with Crippen molar-refractivity contribution in [1.29, 1.82) is 0 Å². The normalized spacial score (nSPS) is 23.2. The highest BCUT2D eigenvalue weighted by Gasteiger charge is 2.38. The lowest BCUT2D eigenvalue weighted by molar-refractivity contribution is -0.109. The predicted octanol–water partition coefficient (Wildman–Crippen LogP) is 1.68. The van der Waals surface area contributed by atoms with E-state index in [2.05, 4.69) is 0 Å². The van der Waals surface area contributed by atoms with Crippen molar-refractivity contribution in [3.8, 4) is 0 Å². The van der Waals surface area contributed by atoms with Crippen LogP contribution in [-0.4, -0.2) is 42.6 Å². The molecule has 0 radical (unpaired) electrons. The molecule has 6 heteroatoms.